The third kappa shape index (κ3) is 9.13. The van der Waals surface area contributed by atoms with E-state index in [9.17, 15) is 0 Å². The highest BCUT2D eigenvalue weighted by Gasteiger charge is 2.10. The monoisotopic (exact) mass is 230 g/mol. The fraction of sp³-hybridized carbons (Fsp3) is 1.00. The molecule has 0 aromatic heterocycles. The smallest absolute Gasteiger partial charge is 0.0599 e. The van der Waals surface area contributed by atoms with Crippen LogP contribution in [0.1, 0.15) is 41.5 Å². The molecule has 0 saturated heterocycles. The molecule has 0 spiro atoms. The molecule has 0 aliphatic carbocycles. The van der Waals surface area contributed by atoms with Gasteiger partial charge in [-0.15, -0.1) is 0 Å². The molecule has 0 heterocycles. The van der Waals surface area contributed by atoms with Gasteiger partial charge in [0.1, 0.15) is 0 Å². The van der Waals surface area contributed by atoms with E-state index in [1.165, 1.54) is 0 Å². The van der Waals surface area contributed by atoms with Gasteiger partial charge in [-0.3, -0.25) is 0 Å². The van der Waals surface area contributed by atoms with Gasteiger partial charge in [0.15, 0.2) is 0 Å². The number of likely N-dealkylation sites (N-methyl/N-ethyl adjacent to an activating group) is 1. The highest BCUT2D eigenvalue weighted by molar-refractivity contribution is 4.66. The molecule has 1 N–H and O–H groups in total. The predicted octanol–water partition coefficient (Wildman–Crippen LogP) is 2.12. The molecule has 0 bridgehead atoms. The fourth-order valence-corrected chi connectivity index (χ4v) is 1.60. The van der Waals surface area contributed by atoms with Gasteiger partial charge in [-0.25, -0.2) is 0 Å². The van der Waals surface area contributed by atoms with Crippen LogP contribution in [0.3, 0.4) is 0 Å². The van der Waals surface area contributed by atoms with Crippen molar-refractivity contribution in [2.45, 2.75) is 53.2 Å². The lowest BCUT2D eigenvalue weighted by molar-refractivity contribution is -0.00175. The Balaban J connectivity index is 3.54. The maximum absolute atomic E-state index is 5.66. The molecule has 98 valence electrons. The first-order chi connectivity index (χ1) is 7.39. The van der Waals surface area contributed by atoms with Crippen LogP contribution in [0.5, 0.6) is 0 Å². The summed E-state index contributed by atoms with van der Waals surface area (Å²) in [6.45, 7) is 18.0. The molecule has 0 aliphatic heterocycles. The average molecular weight is 230 g/mol. The van der Waals surface area contributed by atoms with E-state index in [1.807, 2.05) is 0 Å². The zero-order valence-electron chi connectivity index (χ0n) is 12.0. The first-order valence-electron chi connectivity index (χ1n) is 6.48. The normalized spacial score (nSPS) is 14.4. The van der Waals surface area contributed by atoms with E-state index >= 15 is 0 Å². The molecule has 0 aromatic carbocycles. The minimum Gasteiger partial charge on any atom is -0.375 e. The van der Waals surface area contributed by atoms with Gasteiger partial charge in [0.05, 0.1) is 12.2 Å². The van der Waals surface area contributed by atoms with Crippen LogP contribution in [-0.4, -0.2) is 49.3 Å². The fourth-order valence-electron chi connectivity index (χ4n) is 1.60. The summed E-state index contributed by atoms with van der Waals surface area (Å²) in [5, 5.41) is 3.49. The lowest BCUT2D eigenvalue weighted by atomic mass is 10.2. The Labute approximate surface area is 102 Å². The Kier molecular flexibility index (Phi) is 7.98. The molecule has 0 fully saturated rings. The largest absolute Gasteiger partial charge is 0.375 e. The summed E-state index contributed by atoms with van der Waals surface area (Å²) < 4.78 is 5.66. The van der Waals surface area contributed by atoms with Gasteiger partial charge in [0.25, 0.3) is 0 Å². The molecular weight excluding hydrogens is 200 g/mol. The molecule has 0 radical (unpaired) electrons. The number of rotatable bonds is 8. The Bertz CT molecular complexity index is 162. The van der Waals surface area contributed by atoms with Crippen LogP contribution in [0, 0.1) is 0 Å². The molecule has 0 rings (SSSR count). The van der Waals surface area contributed by atoms with Crippen molar-refractivity contribution in [3.8, 4) is 0 Å². The number of nitrogens with zero attached hydrogens (tertiary/aromatic N) is 1. The van der Waals surface area contributed by atoms with E-state index in [0.717, 1.165) is 32.8 Å². The first kappa shape index (κ1) is 15.9. The second-order valence-corrected chi connectivity index (χ2v) is 5.30. The molecule has 0 saturated carbocycles. The highest BCUT2D eigenvalue weighted by atomic mass is 16.5. The summed E-state index contributed by atoms with van der Waals surface area (Å²) in [6, 6.07) is 0.531. The minimum atomic E-state index is -0.0240. The Morgan fingerprint density at radius 1 is 1.19 bits per heavy atom. The van der Waals surface area contributed by atoms with Gasteiger partial charge in [0, 0.05) is 19.1 Å². The first-order valence-corrected chi connectivity index (χ1v) is 6.48. The van der Waals surface area contributed by atoms with Crippen molar-refractivity contribution in [2.75, 3.05) is 32.8 Å². The van der Waals surface area contributed by atoms with Crippen molar-refractivity contribution in [2.24, 2.45) is 0 Å². The standard InChI is InChI=1S/C13H30N2O/c1-7-15(8-2)11-12(3)14-9-10-16-13(4,5)6/h12,14H,7-11H2,1-6H3. The van der Waals surface area contributed by atoms with Crippen molar-refractivity contribution in [3.63, 3.8) is 0 Å². The SMILES string of the molecule is CCN(CC)CC(C)NCCOC(C)(C)C. The van der Waals surface area contributed by atoms with Crippen LogP contribution in [0.4, 0.5) is 0 Å². The molecule has 0 aliphatic rings. The minimum absolute atomic E-state index is 0.0240. The van der Waals surface area contributed by atoms with Crippen LogP contribution < -0.4 is 5.32 Å². The summed E-state index contributed by atoms with van der Waals surface area (Å²) in [4.78, 5) is 2.43. The van der Waals surface area contributed by atoms with E-state index in [4.69, 9.17) is 4.74 Å². The quantitative estimate of drug-likeness (QED) is 0.646. The maximum Gasteiger partial charge on any atom is 0.0599 e. The molecular formula is C13H30N2O. The van der Waals surface area contributed by atoms with E-state index in [0.29, 0.717) is 6.04 Å². The molecule has 0 aromatic rings. The van der Waals surface area contributed by atoms with E-state index < -0.39 is 0 Å². The van der Waals surface area contributed by atoms with Gasteiger partial charge >= 0.3 is 0 Å². The summed E-state index contributed by atoms with van der Waals surface area (Å²) >= 11 is 0. The molecule has 3 nitrogen and oxygen atoms in total. The lowest BCUT2D eigenvalue weighted by Gasteiger charge is -2.24. The van der Waals surface area contributed by atoms with Crippen LogP contribution in [0.2, 0.25) is 0 Å². The van der Waals surface area contributed by atoms with Crippen molar-refractivity contribution in [3.05, 3.63) is 0 Å². The van der Waals surface area contributed by atoms with Crippen LogP contribution in [0.15, 0.2) is 0 Å². The van der Waals surface area contributed by atoms with Gasteiger partial charge < -0.3 is 15.0 Å². The van der Waals surface area contributed by atoms with Crippen molar-refractivity contribution < 1.29 is 4.74 Å². The van der Waals surface area contributed by atoms with Crippen molar-refractivity contribution in [1.82, 2.24) is 10.2 Å². The zero-order valence-corrected chi connectivity index (χ0v) is 12.0. The maximum atomic E-state index is 5.66. The summed E-state index contributed by atoms with van der Waals surface area (Å²) in [7, 11) is 0. The average Bonchev–Trinajstić information content (AvgIpc) is 2.19. The van der Waals surface area contributed by atoms with E-state index in [2.05, 4.69) is 51.8 Å². The lowest BCUT2D eigenvalue weighted by Crippen LogP contribution is -2.40. The topological polar surface area (TPSA) is 24.5 Å². The molecule has 3 heteroatoms. The predicted molar refractivity (Wildman–Crippen MR) is 71.0 cm³/mol. The zero-order chi connectivity index (χ0) is 12.6. The number of hydrogen-bond acceptors (Lipinski definition) is 3. The van der Waals surface area contributed by atoms with E-state index in [-0.39, 0.29) is 5.60 Å². The second-order valence-electron chi connectivity index (χ2n) is 5.30. The van der Waals surface area contributed by atoms with Crippen LogP contribution in [0.25, 0.3) is 0 Å². The number of hydrogen-bond donors (Lipinski definition) is 1. The van der Waals surface area contributed by atoms with Crippen LogP contribution in [-0.2, 0) is 4.74 Å². The third-order valence-electron chi connectivity index (χ3n) is 2.56. The summed E-state index contributed by atoms with van der Waals surface area (Å²) in [5.41, 5.74) is -0.0240. The second kappa shape index (κ2) is 8.04. The van der Waals surface area contributed by atoms with Crippen molar-refractivity contribution in [1.29, 1.82) is 0 Å². The molecule has 0 amide bonds. The number of ether oxygens (including phenoxy) is 1. The van der Waals surface area contributed by atoms with Gasteiger partial charge in [-0.1, -0.05) is 13.8 Å². The molecule has 1 unspecified atom stereocenters. The van der Waals surface area contributed by atoms with E-state index in [1.54, 1.807) is 0 Å². The molecule has 16 heavy (non-hydrogen) atoms. The summed E-state index contributed by atoms with van der Waals surface area (Å²) in [6.07, 6.45) is 0. The van der Waals surface area contributed by atoms with Gasteiger partial charge in [-0.05, 0) is 40.8 Å². The third-order valence-corrected chi connectivity index (χ3v) is 2.56. The Hall–Kier alpha value is -0.120. The Morgan fingerprint density at radius 3 is 2.19 bits per heavy atom. The Morgan fingerprint density at radius 2 is 1.75 bits per heavy atom. The van der Waals surface area contributed by atoms with Crippen molar-refractivity contribution >= 4 is 0 Å². The molecule has 1 atom stereocenters. The summed E-state index contributed by atoms with van der Waals surface area (Å²) in [5.74, 6) is 0. The highest BCUT2D eigenvalue weighted by Crippen LogP contribution is 2.05. The number of nitrogens with one attached hydrogen (secondary N) is 1. The van der Waals surface area contributed by atoms with Gasteiger partial charge in [-0.2, -0.15) is 0 Å². The van der Waals surface area contributed by atoms with Gasteiger partial charge in [0.2, 0.25) is 0 Å². The van der Waals surface area contributed by atoms with Crippen LogP contribution >= 0.6 is 0 Å².